The van der Waals surface area contributed by atoms with Gasteiger partial charge in [0.25, 0.3) is 11.6 Å². The molecular weight excluding hydrogens is 585 g/mol. The zero-order valence-corrected chi connectivity index (χ0v) is 22.9. The van der Waals surface area contributed by atoms with Gasteiger partial charge in [-0.25, -0.2) is 14.8 Å². The lowest BCUT2D eigenvalue weighted by Gasteiger charge is -2.28. The Morgan fingerprint density at radius 3 is 2.14 bits per heavy atom. The fourth-order valence-electron chi connectivity index (χ4n) is 5.05. The predicted octanol–water partition coefficient (Wildman–Crippen LogP) is 6.17. The van der Waals surface area contributed by atoms with Crippen LogP contribution in [-0.2, 0) is 14.4 Å². The van der Waals surface area contributed by atoms with Gasteiger partial charge in [0.15, 0.2) is 6.10 Å². The van der Waals surface area contributed by atoms with Gasteiger partial charge in [0.05, 0.1) is 37.9 Å². The number of hydrogen-bond donors (Lipinski definition) is 0. The molecule has 2 aliphatic heterocycles. The zero-order valence-electron chi connectivity index (χ0n) is 21.4. The van der Waals surface area contributed by atoms with E-state index in [2.05, 4.69) is 0 Å². The molecule has 0 radical (unpaired) electrons. The molecule has 12 heteroatoms. The Kier molecular flexibility index (Phi) is 7.11. The maximum Gasteiger partial charge on any atom is 0.343 e. The Balaban J connectivity index is 1.35. The van der Waals surface area contributed by atoms with E-state index in [4.69, 9.17) is 32.8 Å². The Morgan fingerprint density at radius 1 is 0.833 bits per heavy atom. The molecule has 2 fully saturated rings. The summed E-state index contributed by atoms with van der Waals surface area (Å²) in [5.41, 5.74) is 1.49. The number of nitro groups is 1. The Morgan fingerprint density at radius 2 is 1.50 bits per heavy atom. The monoisotopic (exact) mass is 603 g/mol. The van der Waals surface area contributed by atoms with Crippen LogP contribution in [0.25, 0.3) is 0 Å². The summed E-state index contributed by atoms with van der Waals surface area (Å²) >= 11 is 12.2. The predicted molar refractivity (Wildman–Crippen MR) is 153 cm³/mol. The molecule has 2 aliphatic rings. The molecule has 210 valence electrons. The standard InChI is InChI=1S/C30H19Cl2N3O7/c31-23-15-12-21(16-24(23)32)33-28(36)25-26(17-6-13-22(14-7-17)41-30(38)18-4-2-1-3-5-18)34(42-27(25)29(33)37)19-8-10-20(11-9-19)35(39)40/h1-16,25-27H/t25-,26+,27+/m1/s1. The maximum atomic E-state index is 13.8. The molecule has 42 heavy (non-hydrogen) atoms. The molecule has 0 unspecified atom stereocenters. The summed E-state index contributed by atoms with van der Waals surface area (Å²) in [7, 11) is 0. The molecule has 4 aromatic carbocycles. The Bertz CT molecular complexity index is 1720. The molecule has 0 aliphatic carbocycles. The molecule has 2 amide bonds. The van der Waals surface area contributed by atoms with Crippen molar-refractivity contribution < 1.29 is 28.9 Å². The van der Waals surface area contributed by atoms with Crippen LogP contribution in [-0.4, -0.2) is 28.8 Å². The van der Waals surface area contributed by atoms with E-state index in [1.807, 2.05) is 0 Å². The molecule has 0 N–H and O–H groups in total. The maximum absolute atomic E-state index is 13.8. The summed E-state index contributed by atoms with van der Waals surface area (Å²) < 4.78 is 5.49. The number of nitro benzene ring substituents is 1. The second kappa shape index (κ2) is 10.9. The first-order chi connectivity index (χ1) is 20.2. The molecule has 6 rings (SSSR count). The first kappa shape index (κ1) is 27.4. The number of fused-ring (bicyclic) bond motifs is 1. The molecule has 2 heterocycles. The number of esters is 1. The number of amides is 2. The quantitative estimate of drug-likeness (QED) is 0.0843. The normalized spacial score (nSPS) is 19.6. The molecule has 0 aromatic heterocycles. The third kappa shape index (κ3) is 4.85. The van der Waals surface area contributed by atoms with Crippen LogP contribution < -0.4 is 14.7 Å². The topological polar surface area (TPSA) is 119 Å². The number of benzene rings is 4. The van der Waals surface area contributed by atoms with Gasteiger partial charge < -0.3 is 4.74 Å². The van der Waals surface area contributed by atoms with Crippen molar-refractivity contribution in [1.29, 1.82) is 0 Å². The molecule has 0 bridgehead atoms. The molecule has 0 saturated carbocycles. The van der Waals surface area contributed by atoms with Gasteiger partial charge in [-0.15, -0.1) is 0 Å². The van der Waals surface area contributed by atoms with Crippen molar-refractivity contribution in [1.82, 2.24) is 0 Å². The van der Waals surface area contributed by atoms with E-state index in [-0.39, 0.29) is 27.2 Å². The summed E-state index contributed by atoms with van der Waals surface area (Å²) in [6.45, 7) is 0. The molecule has 4 aromatic rings. The number of nitrogens with zero attached hydrogens (tertiary/aromatic N) is 3. The van der Waals surface area contributed by atoms with Crippen LogP contribution in [0.1, 0.15) is 22.0 Å². The summed E-state index contributed by atoms with van der Waals surface area (Å²) in [5, 5.41) is 13.0. The highest BCUT2D eigenvalue weighted by Crippen LogP contribution is 2.48. The van der Waals surface area contributed by atoms with E-state index in [1.165, 1.54) is 47.5 Å². The number of hydroxylamine groups is 1. The van der Waals surface area contributed by atoms with Crippen molar-refractivity contribution in [3.8, 4) is 5.75 Å². The molecule has 2 saturated heterocycles. The van der Waals surface area contributed by atoms with Crippen molar-refractivity contribution in [2.24, 2.45) is 5.92 Å². The number of rotatable bonds is 6. The third-order valence-electron chi connectivity index (χ3n) is 7.03. The highest BCUT2D eigenvalue weighted by Gasteiger charge is 2.60. The number of carbonyl (C=O) groups is 3. The lowest BCUT2D eigenvalue weighted by molar-refractivity contribution is -0.384. The van der Waals surface area contributed by atoms with Crippen molar-refractivity contribution in [2.75, 3.05) is 9.96 Å². The first-order valence-corrected chi connectivity index (χ1v) is 13.4. The smallest absolute Gasteiger partial charge is 0.343 e. The minimum Gasteiger partial charge on any atom is -0.423 e. The van der Waals surface area contributed by atoms with E-state index < -0.39 is 40.8 Å². The SMILES string of the molecule is O=C(Oc1ccc([C@H]2[C@H]3C(=O)N(c4ccc(Cl)c(Cl)c4)C(=O)[C@H]3ON2c2ccc([N+](=O)[O-])cc2)cc1)c1ccccc1. The lowest BCUT2D eigenvalue weighted by atomic mass is 9.90. The second-order valence-corrected chi connectivity index (χ2v) is 10.3. The molecule has 0 spiro atoms. The van der Waals surface area contributed by atoms with Crippen LogP contribution in [0.2, 0.25) is 10.0 Å². The number of ether oxygens (including phenoxy) is 1. The van der Waals surface area contributed by atoms with Gasteiger partial charge in [-0.1, -0.05) is 53.5 Å². The minimum atomic E-state index is -1.18. The van der Waals surface area contributed by atoms with E-state index in [0.717, 1.165) is 4.90 Å². The van der Waals surface area contributed by atoms with Crippen LogP contribution in [0.3, 0.4) is 0 Å². The minimum absolute atomic E-state index is 0.128. The fraction of sp³-hybridized carbons (Fsp3) is 0.100. The van der Waals surface area contributed by atoms with E-state index in [9.17, 15) is 24.5 Å². The van der Waals surface area contributed by atoms with Gasteiger partial charge in [-0.05, 0) is 60.2 Å². The van der Waals surface area contributed by atoms with Crippen molar-refractivity contribution >= 4 is 58.0 Å². The summed E-state index contributed by atoms with van der Waals surface area (Å²) in [6, 6.07) is 24.2. The number of hydrogen-bond acceptors (Lipinski definition) is 8. The Labute approximate surface area is 248 Å². The first-order valence-electron chi connectivity index (χ1n) is 12.6. The van der Waals surface area contributed by atoms with Gasteiger partial charge in [0.1, 0.15) is 11.7 Å². The molecule has 3 atom stereocenters. The fourth-order valence-corrected chi connectivity index (χ4v) is 5.34. The van der Waals surface area contributed by atoms with Crippen molar-refractivity contribution in [3.05, 3.63) is 128 Å². The average Bonchev–Trinajstić information content (AvgIpc) is 3.51. The van der Waals surface area contributed by atoms with E-state index in [1.54, 1.807) is 54.6 Å². The van der Waals surface area contributed by atoms with Crippen LogP contribution in [0.15, 0.2) is 97.1 Å². The largest absolute Gasteiger partial charge is 0.423 e. The van der Waals surface area contributed by atoms with Crippen LogP contribution >= 0.6 is 23.2 Å². The zero-order chi connectivity index (χ0) is 29.5. The number of imide groups is 1. The highest BCUT2D eigenvalue weighted by molar-refractivity contribution is 6.42. The number of carbonyl (C=O) groups excluding carboxylic acids is 3. The van der Waals surface area contributed by atoms with Gasteiger partial charge >= 0.3 is 5.97 Å². The summed E-state index contributed by atoms with van der Waals surface area (Å²) in [6.07, 6.45) is -1.18. The van der Waals surface area contributed by atoms with Crippen LogP contribution in [0, 0.1) is 16.0 Å². The van der Waals surface area contributed by atoms with E-state index in [0.29, 0.717) is 16.8 Å². The number of non-ortho nitro benzene ring substituents is 1. The molecule has 10 nitrogen and oxygen atoms in total. The van der Waals surface area contributed by atoms with Gasteiger partial charge in [0, 0.05) is 12.1 Å². The second-order valence-electron chi connectivity index (χ2n) is 9.53. The third-order valence-corrected chi connectivity index (χ3v) is 7.77. The van der Waals surface area contributed by atoms with Crippen LogP contribution in [0.5, 0.6) is 5.75 Å². The van der Waals surface area contributed by atoms with E-state index >= 15 is 0 Å². The van der Waals surface area contributed by atoms with Gasteiger partial charge in [-0.2, -0.15) is 0 Å². The summed E-state index contributed by atoms with van der Waals surface area (Å²) in [5.74, 6) is -2.34. The summed E-state index contributed by atoms with van der Waals surface area (Å²) in [4.78, 5) is 57.6. The highest BCUT2D eigenvalue weighted by atomic mass is 35.5. The number of halogens is 2. The van der Waals surface area contributed by atoms with Gasteiger partial charge in [-0.3, -0.25) is 24.5 Å². The molecular formula is C30H19Cl2N3O7. The lowest BCUT2D eigenvalue weighted by Crippen LogP contribution is -2.37. The average molecular weight is 604 g/mol. The number of anilines is 2. The van der Waals surface area contributed by atoms with Gasteiger partial charge in [0.2, 0.25) is 5.91 Å². The Hall–Kier alpha value is -4.77. The van der Waals surface area contributed by atoms with Crippen molar-refractivity contribution in [2.45, 2.75) is 12.1 Å². The van der Waals surface area contributed by atoms with Crippen molar-refractivity contribution in [3.63, 3.8) is 0 Å². The van der Waals surface area contributed by atoms with Crippen LogP contribution in [0.4, 0.5) is 17.1 Å².